The fourth-order valence-electron chi connectivity index (χ4n) is 4.77. The molecule has 1 aromatic heterocycles. The quantitative estimate of drug-likeness (QED) is 0.516. The molecule has 0 saturated carbocycles. The molecule has 1 unspecified atom stereocenters. The number of aromatic amines is 1. The van der Waals surface area contributed by atoms with Gasteiger partial charge in [-0.2, -0.15) is 0 Å². The molecule has 2 N–H and O–H groups in total. The Labute approximate surface area is 199 Å². The van der Waals surface area contributed by atoms with E-state index in [1.807, 2.05) is 26.0 Å². The maximum Gasteiger partial charge on any atom is 0.322 e. The minimum atomic E-state index is -0.222. The first-order valence-electron chi connectivity index (χ1n) is 11.5. The average molecular weight is 467 g/mol. The Morgan fingerprint density at radius 1 is 1.21 bits per heavy atom. The van der Waals surface area contributed by atoms with Gasteiger partial charge in [0.05, 0.1) is 6.54 Å². The number of aryl methyl sites for hydroxylation is 2. The smallest absolute Gasteiger partial charge is 0.322 e. The summed E-state index contributed by atoms with van der Waals surface area (Å²) in [6.07, 6.45) is 2.17. The molecule has 6 nitrogen and oxygen atoms in total. The molecule has 0 aliphatic carbocycles. The van der Waals surface area contributed by atoms with Gasteiger partial charge in [-0.25, -0.2) is 4.79 Å². The summed E-state index contributed by atoms with van der Waals surface area (Å²) in [5, 5.41) is 4.59. The molecule has 1 fully saturated rings. The van der Waals surface area contributed by atoms with Crippen LogP contribution in [-0.4, -0.2) is 46.5 Å². The third-order valence-electron chi connectivity index (χ3n) is 6.47. The normalized spacial score (nSPS) is 16.3. The van der Waals surface area contributed by atoms with Crippen LogP contribution < -0.4 is 10.9 Å². The number of nitrogens with one attached hydrogen (secondary N) is 2. The highest BCUT2D eigenvalue weighted by Gasteiger charge is 2.28. The predicted molar refractivity (Wildman–Crippen MR) is 135 cm³/mol. The van der Waals surface area contributed by atoms with E-state index in [0.29, 0.717) is 22.8 Å². The lowest BCUT2D eigenvalue weighted by molar-refractivity contribution is 0.174. The number of pyridine rings is 1. The van der Waals surface area contributed by atoms with E-state index in [0.717, 1.165) is 48.0 Å². The van der Waals surface area contributed by atoms with Crippen LogP contribution >= 0.6 is 11.6 Å². The van der Waals surface area contributed by atoms with Gasteiger partial charge in [0, 0.05) is 39.8 Å². The van der Waals surface area contributed by atoms with Crippen molar-refractivity contribution in [2.45, 2.75) is 46.2 Å². The number of rotatable bonds is 6. The number of carbonyl (C=O) groups excluding carboxylic acids is 1. The van der Waals surface area contributed by atoms with Gasteiger partial charge in [-0.05, 0) is 87.3 Å². The lowest BCUT2D eigenvalue weighted by Gasteiger charge is -2.30. The maximum atomic E-state index is 13.3. The number of amides is 2. The van der Waals surface area contributed by atoms with Crippen LogP contribution in [0.15, 0.2) is 47.3 Å². The van der Waals surface area contributed by atoms with Crippen molar-refractivity contribution in [1.82, 2.24) is 14.8 Å². The third-order valence-corrected chi connectivity index (χ3v) is 6.72. The first-order valence-corrected chi connectivity index (χ1v) is 11.9. The second kappa shape index (κ2) is 9.98. The molecule has 2 amide bonds. The first-order chi connectivity index (χ1) is 15.8. The van der Waals surface area contributed by atoms with Crippen molar-refractivity contribution in [2.75, 3.05) is 25.0 Å². The topological polar surface area (TPSA) is 68.4 Å². The molecule has 2 aromatic carbocycles. The fraction of sp³-hybridized carbons (Fsp3) is 0.385. The highest BCUT2D eigenvalue weighted by Crippen LogP contribution is 2.22. The van der Waals surface area contributed by atoms with E-state index in [1.54, 1.807) is 29.2 Å². The van der Waals surface area contributed by atoms with Crippen LogP contribution in [0.4, 0.5) is 10.5 Å². The number of aromatic nitrogens is 1. The molecule has 1 saturated heterocycles. The van der Waals surface area contributed by atoms with Crippen molar-refractivity contribution < 1.29 is 4.79 Å². The number of H-pyrrole nitrogens is 1. The van der Waals surface area contributed by atoms with Gasteiger partial charge >= 0.3 is 6.03 Å². The molecule has 1 atom stereocenters. The van der Waals surface area contributed by atoms with Gasteiger partial charge in [0.25, 0.3) is 5.56 Å². The first kappa shape index (κ1) is 23.3. The summed E-state index contributed by atoms with van der Waals surface area (Å²) in [5.41, 5.74) is 4.14. The number of fused-ring (bicyclic) bond motifs is 1. The van der Waals surface area contributed by atoms with Crippen molar-refractivity contribution in [3.05, 3.63) is 74.5 Å². The van der Waals surface area contributed by atoms with Gasteiger partial charge in [-0.3, -0.25) is 9.69 Å². The molecule has 2 heterocycles. The second-order valence-corrected chi connectivity index (χ2v) is 9.35. The van der Waals surface area contributed by atoms with Gasteiger partial charge < -0.3 is 15.2 Å². The van der Waals surface area contributed by atoms with Crippen molar-refractivity contribution >= 4 is 34.2 Å². The average Bonchev–Trinajstić information content (AvgIpc) is 3.22. The lowest BCUT2D eigenvalue weighted by Crippen LogP contribution is -2.45. The molecule has 4 rings (SSSR count). The van der Waals surface area contributed by atoms with E-state index in [2.05, 4.69) is 28.2 Å². The summed E-state index contributed by atoms with van der Waals surface area (Å²) in [5.74, 6) is 0. The Kier molecular flexibility index (Phi) is 7.05. The van der Waals surface area contributed by atoms with E-state index in [4.69, 9.17) is 11.6 Å². The van der Waals surface area contributed by atoms with E-state index in [9.17, 15) is 9.59 Å². The molecular formula is C26H31ClN4O2. The summed E-state index contributed by atoms with van der Waals surface area (Å²) in [7, 11) is 0. The number of carbonyl (C=O) groups is 1. The van der Waals surface area contributed by atoms with Crippen LogP contribution in [-0.2, 0) is 6.54 Å². The number of urea groups is 1. The molecule has 0 bridgehead atoms. The van der Waals surface area contributed by atoms with Crippen molar-refractivity contribution in [1.29, 1.82) is 0 Å². The minimum Gasteiger partial charge on any atom is -0.322 e. The van der Waals surface area contributed by atoms with E-state index in [1.165, 1.54) is 0 Å². The van der Waals surface area contributed by atoms with Crippen LogP contribution in [0, 0.1) is 13.8 Å². The number of hydrogen-bond donors (Lipinski definition) is 2. The molecule has 1 aliphatic rings. The van der Waals surface area contributed by atoms with Crippen molar-refractivity contribution in [3.8, 4) is 0 Å². The zero-order valence-electron chi connectivity index (χ0n) is 19.5. The number of nitrogens with zero attached hydrogens (tertiary/aromatic N) is 2. The van der Waals surface area contributed by atoms with Crippen LogP contribution in [0.25, 0.3) is 10.9 Å². The Bertz CT molecular complexity index is 1210. The van der Waals surface area contributed by atoms with Gasteiger partial charge in [-0.1, -0.05) is 24.6 Å². The zero-order valence-corrected chi connectivity index (χ0v) is 20.2. The molecular weight excluding hydrogens is 436 g/mol. The van der Waals surface area contributed by atoms with E-state index in [-0.39, 0.29) is 24.2 Å². The Morgan fingerprint density at radius 3 is 2.70 bits per heavy atom. The van der Waals surface area contributed by atoms with Gasteiger partial charge in [0.1, 0.15) is 0 Å². The SMILES string of the molecule is CCN1CCCC1CN(Cc1cc2c(C)cc(C)cc2[nH]c1=O)C(=O)Nc1ccc(Cl)cc1. The number of likely N-dealkylation sites (N-methyl/N-ethyl adjacent to an activating group) is 1. The summed E-state index contributed by atoms with van der Waals surface area (Å²) >= 11 is 5.98. The lowest BCUT2D eigenvalue weighted by atomic mass is 10.0. The van der Waals surface area contributed by atoms with Crippen LogP contribution in [0.5, 0.6) is 0 Å². The Hall–Kier alpha value is -2.83. The van der Waals surface area contributed by atoms with E-state index < -0.39 is 0 Å². The van der Waals surface area contributed by atoms with Crippen molar-refractivity contribution in [2.24, 2.45) is 0 Å². The molecule has 33 heavy (non-hydrogen) atoms. The number of halogens is 1. The maximum absolute atomic E-state index is 13.3. The molecule has 174 valence electrons. The molecule has 3 aromatic rings. The van der Waals surface area contributed by atoms with Gasteiger partial charge in [0.2, 0.25) is 0 Å². The number of hydrogen-bond acceptors (Lipinski definition) is 3. The molecule has 7 heteroatoms. The van der Waals surface area contributed by atoms with Gasteiger partial charge in [-0.15, -0.1) is 0 Å². The van der Waals surface area contributed by atoms with E-state index >= 15 is 0 Å². The monoisotopic (exact) mass is 466 g/mol. The summed E-state index contributed by atoms with van der Waals surface area (Å²) < 4.78 is 0. The van der Waals surface area contributed by atoms with Crippen LogP contribution in [0.2, 0.25) is 5.02 Å². The molecule has 1 aliphatic heterocycles. The van der Waals surface area contributed by atoms with Crippen LogP contribution in [0.3, 0.4) is 0 Å². The van der Waals surface area contributed by atoms with Crippen LogP contribution in [0.1, 0.15) is 36.5 Å². The Morgan fingerprint density at radius 2 is 1.97 bits per heavy atom. The fourth-order valence-corrected chi connectivity index (χ4v) is 4.89. The molecule has 0 spiro atoms. The number of likely N-dealkylation sites (tertiary alicyclic amines) is 1. The standard InChI is InChI=1S/C26H31ClN4O2/c1-4-30-11-5-6-22(30)16-31(26(33)28-21-9-7-20(27)8-10-21)15-19-14-23-18(3)12-17(2)13-24(23)29-25(19)32/h7-10,12-14,22H,4-6,11,15-16H2,1-3H3,(H,28,33)(H,29,32). The second-order valence-electron chi connectivity index (χ2n) is 8.91. The summed E-state index contributed by atoms with van der Waals surface area (Å²) in [4.78, 5) is 33.4. The number of anilines is 1. The Balaban J connectivity index is 1.63. The highest BCUT2D eigenvalue weighted by atomic mass is 35.5. The molecule has 0 radical (unpaired) electrons. The minimum absolute atomic E-state index is 0.157. The zero-order chi connectivity index (χ0) is 23.5. The highest BCUT2D eigenvalue weighted by molar-refractivity contribution is 6.30. The number of benzene rings is 2. The summed E-state index contributed by atoms with van der Waals surface area (Å²) in [6, 6.07) is 13.1. The van der Waals surface area contributed by atoms with Crippen molar-refractivity contribution in [3.63, 3.8) is 0 Å². The third kappa shape index (κ3) is 5.40. The van der Waals surface area contributed by atoms with Gasteiger partial charge in [0.15, 0.2) is 0 Å². The largest absolute Gasteiger partial charge is 0.322 e. The summed E-state index contributed by atoms with van der Waals surface area (Å²) in [6.45, 7) is 9.01. The predicted octanol–water partition coefficient (Wildman–Crippen LogP) is 5.32.